The lowest BCUT2D eigenvalue weighted by Crippen LogP contribution is -2.33. The zero-order chi connectivity index (χ0) is 18.4. The number of halogens is 1. The molecule has 1 heterocycles. The Kier molecular flexibility index (Phi) is 5.84. The monoisotopic (exact) mass is 356 g/mol. The predicted molar refractivity (Wildman–Crippen MR) is 96.7 cm³/mol. The first-order valence-corrected chi connectivity index (χ1v) is 8.48. The van der Waals surface area contributed by atoms with Gasteiger partial charge in [0, 0.05) is 12.8 Å². The highest BCUT2D eigenvalue weighted by Gasteiger charge is 2.21. The van der Waals surface area contributed by atoms with Crippen molar-refractivity contribution >= 4 is 11.6 Å². The molecule has 1 N–H and O–H groups in total. The number of amides is 1. The third-order valence-corrected chi connectivity index (χ3v) is 4.14. The van der Waals surface area contributed by atoms with Gasteiger partial charge in [0.2, 0.25) is 5.91 Å². The topological polar surface area (TPSA) is 59.9 Å². The first-order chi connectivity index (χ1) is 12.6. The molecule has 0 fully saturated rings. The normalized spacial score (nSPS) is 15.9. The molecule has 0 aromatic heterocycles. The van der Waals surface area contributed by atoms with E-state index in [1.807, 2.05) is 24.3 Å². The summed E-state index contributed by atoms with van der Waals surface area (Å²) in [6.07, 6.45) is 1.39. The fraction of sp³-hybridized carbons (Fsp3) is 0.300. The summed E-state index contributed by atoms with van der Waals surface area (Å²) in [5.41, 5.74) is 2.77. The second-order valence-corrected chi connectivity index (χ2v) is 6.22. The van der Waals surface area contributed by atoms with Gasteiger partial charge in [-0.05, 0) is 35.4 Å². The molecule has 0 radical (unpaired) electrons. The first kappa shape index (κ1) is 17.9. The number of rotatable bonds is 7. The third kappa shape index (κ3) is 5.05. The summed E-state index contributed by atoms with van der Waals surface area (Å²) >= 11 is 0. The Balaban J connectivity index is 1.41. The predicted octanol–water partition coefficient (Wildman–Crippen LogP) is 2.88. The average molecular weight is 356 g/mol. The van der Waals surface area contributed by atoms with Crippen LogP contribution in [-0.2, 0) is 22.5 Å². The number of carbonyl (C=O) groups excluding carboxylic acids is 1. The second-order valence-electron chi connectivity index (χ2n) is 6.22. The minimum absolute atomic E-state index is 0.0752. The van der Waals surface area contributed by atoms with Gasteiger partial charge in [-0.15, -0.1) is 0 Å². The van der Waals surface area contributed by atoms with Crippen LogP contribution in [0.3, 0.4) is 0 Å². The van der Waals surface area contributed by atoms with E-state index in [1.54, 1.807) is 19.2 Å². The van der Waals surface area contributed by atoms with E-state index < -0.39 is 0 Å². The number of nitrogens with one attached hydrogen (secondary N) is 1. The van der Waals surface area contributed by atoms with E-state index in [0.717, 1.165) is 22.6 Å². The maximum Gasteiger partial charge on any atom is 0.224 e. The second kappa shape index (κ2) is 8.47. The molecule has 1 atom stereocenters. The fourth-order valence-corrected chi connectivity index (χ4v) is 2.80. The number of methoxy groups -OCH3 is 1. The van der Waals surface area contributed by atoms with Gasteiger partial charge in [0.25, 0.3) is 0 Å². The van der Waals surface area contributed by atoms with Crippen molar-refractivity contribution in [2.75, 3.05) is 13.7 Å². The summed E-state index contributed by atoms with van der Waals surface area (Å²) in [5.74, 6) is 0.400. The van der Waals surface area contributed by atoms with Gasteiger partial charge in [-0.3, -0.25) is 4.79 Å². The summed E-state index contributed by atoms with van der Waals surface area (Å²) in [7, 11) is 1.60. The number of benzene rings is 2. The number of nitrogens with zero attached hydrogens (tertiary/aromatic N) is 1. The van der Waals surface area contributed by atoms with Crippen molar-refractivity contribution in [2.24, 2.45) is 5.16 Å². The van der Waals surface area contributed by atoms with Crippen LogP contribution in [0, 0.1) is 5.82 Å². The van der Waals surface area contributed by atoms with Gasteiger partial charge >= 0.3 is 0 Å². The maximum atomic E-state index is 12.9. The van der Waals surface area contributed by atoms with E-state index in [2.05, 4.69) is 10.5 Å². The lowest BCUT2D eigenvalue weighted by molar-refractivity contribution is -0.121. The molecule has 0 spiro atoms. The van der Waals surface area contributed by atoms with Crippen molar-refractivity contribution in [1.29, 1.82) is 0 Å². The van der Waals surface area contributed by atoms with E-state index in [9.17, 15) is 9.18 Å². The minimum Gasteiger partial charge on any atom is -0.497 e. The van der Waals surface area contributed by atoms with Crippen LogP contribution in [-0.4, -0.2) is 31.4 Å². The average Bonchev–Trinajstić information content (AvgIpc) is 3.09. The summed E-state index contributed by atoms with van der Waals surface area (Å²) in [5, 5.41) is 6.95. The standard InChI is InChI=1S/C20H21FN2O3/c1-25-18-4-2-3-15(10-18)11-20(24)22-13-19-12-17(23-26-19)9-14-5-7-16(21)8-6-14/h2-8,10,19H,9,11-13H2,1H3,(H,22,24). The van der Waals surface area contributed by atoms with Crippen molar-refractivity contribution in [2.45, 2.75) is 25.4 Å². The Morgan fingerprint density at radius 3 is 2.85 bits per heavy atom. The van der Waals surface area contributed by atoms with Crippen molar-refractivity contribution < 1.29 is 18.8 Å². The van der Waals surface area contributed by atoms with Gasteiger partial charge in [-0.25, -0.2) is 4.39 Å². The number of hydrogen-bond acceptors (Lipinski definition) is 4. The third-order valence-electron chi connectivity index (χ3n) is 4.14. The molecule has 1 amide bonds. The molecule has 0 aliphatic carbocycles. The molecule has 136 valence electrons. The number of hydrogen-bond donors (Lipinski definition) is 1. The van der Waals surface area contributed by atoms with Gasteiger partial charge in [-0.2, -0.15) is 0 Å². The minimum atomic E-state index is -0.255. The Morgan fingerprint density at radius 1 is 1.27 bits per heavy atom. The van der Waals surface area contributed by atoms with Crippen LogP contribution in [0.4, 0.5) is 4.39 Å². The smallest absolute Gasteiger partial charge is 0.224 e. The van der Waals surface area contributed by atoms with Crippen LogP contribution in [0.5, 0.6) is 5.75 Å². The van der Waals surface area contributed by atoms with Crippen molar-refractivity contribution in [3.8, 4) is 5.75 Å². The first-order valence-electron chi connectivity index (χ1n) is 8.48. The van der Waals surface area contributed by atoms with Crippen molar-refractivity contribution in [3.05, 3.63) is 65.5 Å². The molecule has 1 unspecified atom stereocenters. The Labute approximate surface area is 151 Å². The molecule has 26 heavy (non-hydrogen) atoms. The zero-order valence-corrected chi connectivity index (χ0v) is 14.6. The van der Waals surface area contributed by atoms with Crippen LogP contribution in [0.15, 0.2) is 53.7 Å². The Hall–Kier alpha value is -2.89. The Bertz CT molecular complexity index is 790. The molecule has 5 nitrogen and oxygen atoms in total. The number of ether oxygens (including phenoxy) is 1. The highest BCUT2D eigenvalue weighted by Crippen LogP contribution is 2.15. The molecule has 1 aliphatic rings. The summed E-state index contributed by atoms with van der Waals surface area (Å²) in [4.78, 5) is 17.5. The quantitative estimate of drug-likeness (QED) is 0.830. The maximum absolute atomic E-state index is 12.9. The fourth-order valence-electron chi connectivity index (χ4n) is 2.80. The van der Waals surface area contributed by atoms with Crippen LogP contribution < -0.4 is 10.1 Å². The van der Waals surface area contributed by atoms with E-state index in [1.165, 1.54) is 12.1 Å². The highest BCUT2D eigenvalue weighted by molar-refractivity contribution is 5.87. The van der Waals surface area contributed by atoms with Crippen LogP contribution in [0.1, 0.15) is 17.5 Å². The van der Waals surface area contributed by atoms with Gasteiger partial charge in [-0.1, -0.05) is 29.4 Å². The summed E-state index contributed by atoms with van der Waals surface area (Å²) < 4.78 is 18.1. The SMILES string of the molecule is COc1cccc(CC(=O)NCC2CC(Cc3ccc(F)cc3)=NO2)c1. The van der Waals surface area contributed by atoms with Crippen molar-refractivity contribution in [1.82, 2.24) is 5.32 Å². The van der Waals surface area contributed by atoms with Gasteiger partial charge < -0.3 is 14.9 Å². The lowest BCUT2D eigenvalue weighted by Gasteiger charge is -2.10. The molecule has 0 saturated carbocycles. The molecular formula is C20H21FN2O3. The van der Waals surface area contributed by atoms with Gasteiger partial charge in [0.15, 0.2) is 0 Å². The zero-order valence-electron chi connectivity index (χ0n) is 14.6. The van der Waals surface area contributed by atoms with Gasteiger partial charge in [0.05, 0.1) is 25.8 Å². The largest absolute Gasteiger partial charge is 0.497 e. The molecule has 0 bridgehead atoms. The molecule has 2 aromatic carbocycles. The molecule has 6 heteroatoms. The van der Waals surface area contributed by atoms with Crippen LogP contribution in [0.2, 0.25) is 0 Å². The molecule has 1 aliphatic heterocycles. The molecular weight excluding hydrogens is 335 g/mol. The molecule has 2 aromatic rings. The number of carbonyl (C=O) groups is 1. The molecule has 3 rings (SSSR count). The van der Waals surface area contributed by atoms with E-state index in [-0.39, 0.29) is 24.2 Å². The van der Waals surface area contributed by atoms with E-state index >= 15 is 0 Å². The summed E-state index contributed by atoms with van der Waals surface area (Å²) in [6.45, 7) is 0.402. The highest BCUT2D eigenvalue weighted by atomic mass is 19.1. The van der Waals surface area contributed by atoms with Crippen molar-refractivity contribution in [3.63, 3.8) is 0 Å². The molecule has 0 saturated heterocycles. The lowest BCUT2D eigenvalue weighted by atomic mass is 10.0. The van der Waals surface area contributed by atoms with E-state index in [0.29, 0.717) is 19.4 Å². The number of oxime groups is 1. The Morgan fingerprint density at radius 2 is 2.08 bits per heavy atom. The summed E-state index contributed by atoms with van der Waals surface area (Å²) in [6, 6.07) is 13.8. The van der Waals surface area contributed by atoms with Gasteiger partial charge in [0.1, 0.15) is 17.7 Å². The van der Waals surface area contributed by atoms with E-state index in [4.69, 9.17) is 9.57 Å². The van der Waals surface area contributed by atoms with Crippen LogP contribution in [0.25, 0.3) is 0 Å². The van der Waals surface area contributed by atoms with Crippen LogP contribution >= 0.6 is 0 Å².